The summed E-state index contributed by atoms with van der Waals surface area (Å²) in [5.74, 6) is 0.983. The van der Waals surface area contributed by atoms with Gasteiger partial charge in [0.25, 0.3) is 0 Å². The summed E-state index contributed by atoms with van der Waals surface area (Å²) < 4.78 is 18.3. The van der Waals surface area contributed by atoms with Gasteiger partial charge in [-0.1, -0.05) is 6.07 Å². The second kappa shape index (κ2) is 8.90. The van der Waals surface area contributed by atoms with Crippen LogP contribution in [0.5, 0.6) is 0 Å². The maximum atomic E-state index is 12.7. The van der Waals surface area contributed by atoms with Crippen molar-refractivity contribution >= 4 is 22.8 Å². The molecule has 2 aromatic heterocycles. The molecule has 2 aliphatic rings. The Hall–Kier alpha value is -2.56. The lowest BCUT2D eigenvalue weighted by Crippen LogP contribution is -2.49. The number of aliphatic hydroxyl groups is 2. The summed E-state index contributed by atoms with van der Waals surface area (Å²) in [7, 11) is 0. The van der Waals surface area contributed by atoms with Gasteiger partial charge in [-0.25, -0.2) is 9.97 Å². The molecule has 0 amide bonds. The number of rotatable bonds is 7. The zero-order valence-corrected chi connectivity index (χ0v) is 20.1. The Morgan fingerprint density at radius 1 is 1.15 bits per heavy atom. The van der Waals surface area contributed by atoms with Crippen LogP contribution in [0.4, 0.5) is 11.6 Å². The van der Waals surface area contributed by atoms with E-state index in [1.165, 1.54) is 0 Å². The SMILES string of the molecule is CC(C)(O)c1ccnc(-c2cnc(N3CC4(COC4)c4ccc([S@+]([O-])CCCO)cc43)nc2)c1. The molecule has 3 aromatic rings. The predicted molar refractivity (Wildman–Crippen MR) is 129 cm³/mol. The van der Waals surface area contributed by atoms with Crippen molar-refractivity contribution in [1.82, 2.24) is 15.0 Å². The van der Waals surface area contributed by atoms with E-state index < -0.39 is 16.8 Å². The standard InChI is InChI=1S/C25H28N4O4S/c1-24(2,31)18-6-7-26-21(10-18)17-12-27-23(28-13-17)29-14-25(15-33-16-25)20-5-4-19(11-22(20)29)34(32)9-3-8-30/h4-7,10-13,30-31H,3,8-9,14-16H2,1-2H3/t34-/m1/s1. The van der Waals surface area contributed by atoms with Crippen molar-refractivity contribution in [3.8, 4) is 11.3 Å². The summed E-state index contributed by atoms with van der Waals surface area (Å²) in [6.07, 6.45) is 5.65. The van der Waals surface area contributed by atoms with Gasteiger partial charge in [-0.05, 0) is 54.3 Å². The van der Waals surface area contributed by atoms with E-state index in [4.69, 9.17) is 9.84 Å². The minimum Gasteiger partial charge on any atom is -0.611 e. The van der Waals surface area contributed by atoms with Crippen LogP contribution in [0.3, 0.4) is 0 Å². The van der Waals surface area contributed by atoms with Gasteiger partial charge in [-0.15, -0.1) is 0 Å². The Bertz CT molecular complexity index is 1180. The number of hydrogen-bond acceptors (Lipinski definition) is 8. The van der Waals surface area contributed by atoms with Gasteiger partial charge in [0.15, 0.2) is 4.90 Å². The Kier molecular flexibility index (Phi) is 6.07. The van der Waals surface area contributed by atoms with E-state index in [0.29, 0.717) is 43.6 Å². The first-order valence-corrected chi connectivity index (χ1v) is 12.6. The molecule has 34 heavy (non-hydrogen) atoms. The first-order chi connectivity index (χ1) is 16.3. The monoisotopic (exact) mass is 480 g/mol. The van der Waals surface area contributed by atoms with Gasteiger partial charge < -0.3 is 24.4 Å². The summed E-state index contributed by atoms with van der Waals surface area (Å²) in [5.41, 5.74) is 3.26. The molecule has 0 unspecified atom stereocenters. The fourth-order valence-electron chi connectivity index (χ4n) is 4.45. The molecular formula is C25H28N4O4S. The molecule has 0 aliphatic carbocycles. The van der Waals surface area contributed by atoms with Crippen molar-refractivity contribution in [2.75, 3.05) is 37.0 Å². The third kappa shape index (κ3) is 4.18. The third-order valence-electron chi connectivity index (χ3n) is 6.44. The first kappa shape index (κ1) is 23.2. The second-order valence-corrected chi connectivity index (χ2v) is 11.0. The number of hydrogen-bond donors (Lipinski definition) is 2. The predicted octanol–water partition coefficient (Wildman–Crippen LogP) is 2.68. The van der Waals surface area contributed by atoms with Gasteiger partial charge in [0.2, 0.25) is 5.95 Å². The largest absolute Gasteiger partial charge is 0.611 e. The van der Waals surface area contributed by atoms with Crippen LogP contribution >= 0.6 is 0 Å². The zero-order chi connectivity index (χ0) is 23.9. The molecule has 0 bridgehead atoms. The highest BCUT2D eigenvalue weighted by Gasteiger charge is 2.49. The highest BCUT2D eigenvalue weighted by molar-refractivity contribution is 7.91. The van der Waals surface area contributed by atoms with Gasteiger partial charge in [0.05, 0.1) is 35.6 Å². The number of aliphatic hydroxyl groups excluding tert-OH is 1. The van der Waals surface area contributed by atoms with Crippen molar-refractivity contribution < 1.29 is 19.5 Å². The highest BCUT2D eigenvalue weighted by Crippen LogP contribution is 2.48. The van der Waals surface area contributed by atoms with Crippen LogP contribution in [0.1, 0.15) is 31.4 Å². The number of fused-ring (bicyclic) bond motifs is 2. The summed E-state index contributed by atoms with van der Waals surface area (Å²) in [6, 6.07) is 9.56. The Morgan fingerprint density at radius 2 is 1.91 bits per heavy atom. The van der Waals surface area contributed by atoms with Gasteiger partial charge >= 0.3 is 0 Å². The second-order valence-electron chi connectivity index (χ2n) is 9.43. The fraction of sp³-hybridized carbons (Fsp3) is 0.400. The fourth-order valence-corrected chi connectivity index (χ4v) is 5.54. The van der Waals surface area contributed by atoms with E-state index in [2.05, 4.69) is 19.9 Å². The van der Waals surface area contributed by atoms with Crippen molar-refractivity contribution in [3.63, 3.8) is 0 Å². The lowest BCUT2D eigenvalue weighted by atomic mass is 9.81. The molecule has 2 aliphatic heterocycles. The molecule has 1 atom stereocenters. The van der Waals surface area contributed by atoms with Crippen molar-refractivity contribution in [3.05, 3.63) is 60.0 Å². The summed E-state index contributed by atoms with van der Waals surface area (Å²) in [4.78, 5) is 16.5. The van der Waals surface area contributed by atoms with Crippen LogP contribution in [-0.4, -0.2) is 61.8 Å². The Morgan fingerprint density at radius 3 is 2.56 bits per heavy atom. The maximum absolute atomic E-state index is 12.7. The number of aromatic nitrogens is 3. The highest BCUT2D eigenvalue weighted by atomic mass is 32.2. The van der Waals surface area contributed by atoms with Crippen molar-refractivity contribution in [2.24, 2.45) is 0 Å². The molecule has 1 fully saturated rings. The summed E-state index contributed by atoms with van der Waals surface area (Å²) in [5, 5.41) is 19.4. The van der Waals surface area contributed by atoms with Gasteiger partial charge in [0.1, 0.15) is 5.75 Å². The summed E-state index contributed by atoms with van der Waals surface area (Å²) in [6.45, 7) is 5.46. The van der Waals surface area contributed by atoms with E-state index in [0.717, 1.165) is 27.3 Å². The lowest BCUT2D eigenvalue weighted by Gasteiger charge is -2.38. The molecule has 4 heterocycles. The molecule has 1 saturated heterocycles. The van der Waals surface area contributed by atoms with Crippen LogP contribution in [0.15, 0.2) is 53.8 Å². The number of ether oxygens (including phenoxy) is 1. The van der Waals surface area contributed by atoms with Crippen molar-refractivity contribution in [2.45, 2.75) is 36.2 Å². The normalized spacial score (nSPS) is 17.5. The zero-order valence-electron chi connectivity index (χ0n) is 19.3. The minimum atomic E-state index is -1.18. The maximum Gasteiger partial charge on any atom is 0.229 e. The van der Waals surface area contributed by atoms with Crippen LogP contribution in [0.2, 0.25) is 0 Å². The molecule has 2 N–H and O–H groups in total. The molecule has 1 aromatic carbocycles. The molecule has 1 spiro atoms. The number of benzene rings is 1. The number of pyridine rings is 1. The quantitative estimate of drug-likeness (QED) is 0.496. The van der Waals surface area contributed by atoms with Crippen LogP contribution in [0, 0.1) is 0 Å². The van der Waals surface area contributed by atoms with E-state index in [9.17, 15) is 9.66 Å². The minimum absolute atomic E-state index is 0.0248. The molecule has 9 heteroatoms. The molecule has 0 saturated carbocycles. The molecule has 5 rings (SSSR count). The lowest BCUT2D eigenvalue weighted by molar-refractivity contribution is -0.0507. The van der Waals surface area contributed by atoms with Gasteiger partial charge in [-0.3, -0.25) is 4.98 Å². The Balaban J connectivity index is 1.46. The number of anilines is 2. The molecule has 0 radical (unpaired) electrons. The van der Waals surface area contributed by atoms with E-state index in [-0.39, 0.29) is 12.0 Å². The Labute approximate surface area is 201 Å². The number of nitrogens with zero attached hydrogens (tertiary/aromatic N) is 4. The van der Waals surface area contributed by atoms with E-state index in [1.54, 1.807) is 38.5 Å². The van der Waals surface area contributed by atoms with Crippen LogP contribution in [-0.2, 0) is 26.9 Å². The molecular weight excluding hydrogens is 452 g/mol. The summed E-state index contributed by atoms with van der Waals surface area (Å²) >= 11 is -1.18. The first-order valence-electron chi connectivity index (χ1n) is 11.3. The molecule has 8 nitrogen and oxygen atoms in total. The van der Waals surface area contributed by atoms with Gasteiger partial charge in [0, 0.05) is 49.8 Å². The van der Waals surface area contributed by atoms with E-state index in [1.807, 2.05) is 24.3 Å². The van der Waals surface area contributed by atoms with Crippen LogP contribution in [0.25, 0.3) is 11.3 Å². The smallest absolute Gasteiger partial charge is 0.229 e. The van der Waals surface area contributed by atoms with Crippen molar-refractivity contribution in [1.29, 1.82) is 0 Å². The average molecular weight is 481 g/mol. The topological polar surface area (TPSA) is 115 Å². The van der Waals surface area contributed by atoms with Gasteiger partial charge in [-0.2, -0.15) is 0 Å². The third-order valence-corrected chi connectivity index (χ3v) is 7.88. The molecule has 178 valence electrons. The van der Waals surface area contributed by atoms with Crippen LogP contribution < -0.4 is 4.90 Å². The average Bonchev–Trinajstić information content (AvgIpc) is 3.17. The van der Waals surface area contributed by atoms with E-state index >= 15 is 0 Å².